The Bertz CT molecular complexity index is 1160. The molecular formula is C27H36Cl2N4O2S. The van der Waals surface area contributed by atoms with Crippen molar-refractivity contribution in [3.63, 3.8) is 0 Å². The average molecular weight is 552 g/mol. The highest BCUT2D eigenvalue weighted by molar-refractivity contribution is 7.10. The quantitative estimate of drug-likeness (QED) is 0.295. The Labute approximate surface area is 230 Å². The van der Waals surface area contributed by atoms with Crippen molar-refractivity contribution in [1.82, 2.24) is 15.0 Å². The van der Waals surface area contributed by atoms with Crippen LogP contribution in [0.2, 0.25) is 0 Å². The van der Waals surface area contributed by atoms with Crippen molar-refractivity contribution in [2.75, 3.05) is 33.8 Å². The highest BCUT2D eigenvalue weighted by atomic mass is 35.5. The van der Waals surface area contributed by atoms with Crippen LogP contribution in [0, 0.1) is 23.2 Å². The number of benzene rings is 1. The van der Waals surface area contributed by atoms with Gasteiger partial charge in [-0.3, -0.25) is 4.90 Å². The largest absolute Gasteiger partial charge is 0.493 e. The minimum atomic E-state index is 0. The molecule has 0 N–H and O–H groups in total. The van der Waals surface area contributed by atoms with Crippen LogP contribution in [0.3, 0.4) is 0 Å². The van der Waals surface area contributed by atoms with E-state index in [1.807, 2.05) is 6.07 Å². The maximum atomic E-state index is 9.03. The number of thiophene rings is 1. The van der Waals surface area contributed by atoms with Gasteiger partial charge in [-0.25, -0.2) is 0 Å². The molecule has 196 valence electrons. The maximum Gasteiger partial charge on any atom is 0.175 e. The molecule has 36 heavy (non-hydrogen) atoms. The summed E-state index contributed by atoms with van der Waals surface area (Å²) in [5.74, 6) is 2.39. The fourth-order valence-electron chi connectivity index (χ4n) is 4.91. The lowest BCUT2D eigenvalue weighted by Gasteiger charge is -2.31. The molecule has 3 heterocycles. The average Bonchev–Trinajstić information content (AvgIpc) is 3.40. The summed E-state index contributed by atoms with van der Waals surface area (Å²) in [6, 6.07) is 8.52. The number of piperidine rings is 1. The minimum absolute atomic E-state index is 0. The summed E-state index contributed by atoms with van der Waals surface area (Å²) >= 11 is 1.54. The van der Waals surface area contributed by atoms with E-state index in [4.69, 9.17) is 14.5 Å². The van der Waals surface area contributed by atoms with Gasteiger partial charge < -0.3 is 14.2 Å². The summed E-state index contributed by atoms with van der Waals surface area (Å²) in [4.78, 5) is 5.48. The predicted molar refractivity (Wildman–Crippen MR) is 149 cm³/mol. The van der Waals surface area contributed by atoms with Gasteiger partial charge in [-0.15, -0.1) is 36.2 Å². The first-order valence-corrected chi connectivity index (χ1v) is 13.3. The Morgan fingerprint density at radius 2 is 1.94 bits per heavy atom. The summed E-state index contributed by atoms with van der Waals surface area (Å²) in [6.45, 7) is 4.79. The van der Waals surface area contributed by atoms with Crippen LogP contribution >= 0.6 is 36.2 Å². The van der Waals surface area contributed by atoms with Gasteiger partial charge in [-0.05, 0) is 107 Å². The van der Waals surface area contributed by atoms with Crippen LogP contribution in [0.5, 0.6) is 5.75 Å². The minimum Gasteiger partial charge on any atom is -0.493 e. The van der Waals surface area contributed by atoms with E-state index in [-0.39, 0.29) is 24.8 Å². The Kier molecular flexibility index (Phi) is 10.5. The molecule has 1 saturated heterocycles. The van der Waals surface area contributed by atoms with E-state index in [2.05, 4.69) is 52.6 Å². The molecule has 0 atom stereocenters. The lowest BCUT2D eigenvalue weighted by Crippen LogP contribution is -2.33. The molecule has 5 rings (SSSR count). The van der Waals surface area contributed by atoms with Gasteiger partial charge >= 0.3 is 0 Å². The number of fused-ring (bicyclic) bond motifs is 1. The predicted octanol–water partition coefficient (Wildman–Crippen LogP) is 6.30. The molecule has 0 radical (unpaired) electrons. The van der Waals surface area contributed by atoms with Gasteiger partial charge in [0.2, 0.25) is 0 Å². The van der Waals surface area contributed by atoms with Crippen LogP contribution in [0.1, 0.15) is 53.8 Å². The Morgan fingerprint density at radius 1 is 1.17 bits per heavy atom. The molecule has 1 saturated carbocycles. The van der Waals surface area contributed by atoms with E-state index < -0.39 is 0 Å². The molecule has 0 bridgehead atoms. The van der Waals surface area contributed by atoms with Crippen molar-refractivity contribution in [2.24, 2.45) is 11.8 Å². The van der Waals surface area contributed by atoms with Crippen LogP contribution in [0.25, 0.3) is 11.0 Å². The number of nitriles is 1. The number of halogens is 2. The van der Waals surface area contributed by atoms with E-state index in [0.717, 1.165) is 90.3 Å². The van der Waals surface area contributed by atoms with Crippen molar-refractivity contribution in [1.29, 1.82) is 5.26 Å². The zero-order chi connectivity index (χ0) is 23.5. The third-order valence-corrected chi connectivity index (χ3v) is 7.97. The lowest BCUT2D eigenvalue weighted by atomic mass is 9.91. The summed E-state index contributed by atoms with van der Waals surface area (Å²) in [5.41, 5.74) is 4.35. The van der Waals surface area contributed by atoms with E-state index in [0.29, 0.717) is 0 Å². The zero-order valence-electron chi connectivity index (χ0n) is 21.1. The molecule has 3 aromatic rings. The first-order valence-electron chi connectivity index (χ1n) is 12.5. The number of nitrogens with zero attached hydrogens (tertiary/aromatic N) is 4. The number of ether oxygens (including phenoxy) is 1. The van der Waals surface area contributed by atoms with Gasteiger partial charge in [0, 0.05) is 18.5 Å². The first-order chi connectivity index (χ1) is 16.6. The molecule has 2 aliphatic rings. The molecule has 0 spiro atoms. The third kappa shape index (κ3) is 7.14. The van der Waals surface area contributed by atoms with Crippen molar-refractivity contribution < 1.29 is 9.26 Å². The van der Waals surface area contributed by atoms with E-state index in [9.17, 15) is 0 Å². The number of hydrogen-bond acceptors (Lipinski definition) is 7. The lowest BCUT2D eigenvalue weighted by molar-refractivity contribution is 0.172. The number of likely N-dealkylation sites (tertiary alicyclic amines) is 1. The van der Waals surface area contributed by atoms with Crippen LogP contribution in [-0.4, -0.2) is 48.7 Å². The molecule has 1 aliphatic heterocycles. The molecule has 1 aliphatic carbocycles. The van der Waals surface area contributed by atoms with E-state index in [1.54, 1.807) is 11.3 Å². The van der Waals surface area contributed by atoms with Crippen molar-refractivity contribution in [3.8, 4) is 11.8 Å². The molecule has 1 aromatic carbocycles. The Morgan fingerprint density at radius 3 is 2.61 bits per heavy atom. The number of rotatable bonds is 10. The molecule has 2 aromatic heterocycles. The van der Waals surface area contributed by atoms with Crippen LogP contribution in [0.15, 0.2) is 28.1 Å². The summed E-state index contributed by atoms with van der Waals surface area (Å²) in [5, 5.41) is 16.8. The second-order valence-corrected chi connectivity index (χ2v) is 11.1. The second-order valence-electron chi connectivity index (χ2n) is 10.2. The highest BCUT2D eigenvalue weighted by Crippen LogP contribution is 2.35. The summed E-state index contributed by atoms with van der Waals surface area (Å²) in [6.07, 6.45) is 7.11. The monoisotopic (exact) mass is 550 g/mol. The first kappa shape index (κ1) is 28.7. The molecule has 6 nitrogen and oxygen atoms in total. The van der Waals surface area contributed by atoms with Crippen molar-refractivity contribution in [3.05, 3.63) is 45.3 Å². The van der Waals surface area contributed by atoms with Gasteiger partial charge in [-0.1, -0.05) is 5.16 Å². The number of hydrogen-bond donors (Lipinski definition) is 0. The molecule has 0 unspecified atom stereocenters. The normalized spacial score (nSPS) is 16.5. The van der Waals surface area contributed by atoms with Gasteiger partial charge in [-0.2, -0.15) is 5.26 Å². The highest BCUT2D eigenvalue weighted by Gasteiger charge is 2.25. The maximum absolute atomic E-state index is 9.03. The van der Waals surface area contributed by atoms with Crippen molar-refractivity contribution in [2.45, 2.75) is 51.6 Å². The number of aromatic nitrogens is 1. The zero-order valence-corrected chi connectivity index (χ0v) is 23.5. The van der Waals surface area contributed by atoms with Gasteiger partial charge in [0.1, 0.15) is 16.7 Å². The van der Waals surface area contributed by atoms with Crippen LogP contribution in [0.4, 0.5) is 0 Å². The summed E-state index contributed by atoms with van der Waals surface area (Å²) < 4.78 is 12.1. The fraction of sp³-hybridized carbons (Fsp3) is 0.556. The molecule has 0 amide bonds. The number of aryl methyl sites for hydroxylation is 1. The van der Waals surface area contributed by atoms with Gasteiger partial charge in [0.15, 0.2) is 5.58 Å². The fourth-order valence-corrected chi connectivity index (χ4v) is 5.61. The topological polar surface area (TPSA) is 65.5 Å². The molecule has 9 heteroatoms. The molecular weight excluding hydrogens is 515 g/mol. The Balaban J connectivity index is 0.00000180. The van der Waals surface area contributed by atoms with Gasteiger partial charge in [0.25, 0.3) is 0 Å². The van der Waals surface area contributed by atoms with Gasteiger partial charge in [0.05, 0.1) is 17.9 Å². The van der Waals surface area contributed by atoms with E-state index in [1.165, 1.54) is 31.2 Å². The standard InChI is InChI=1S/C27H34N4O2S.2ClH/c1-30(2)16-24-26(32-17-20-3-4-20)8-6-23-25(29-33-27(23)24)7-5-19-9-11-31(12-10-19)15-21-13-22(14-28)34-18-21;;/h6,8,13,18-20H,3-5,7,9-12,15-17H2,1-2H3;2*1H. The Hall–Kier alpha value is -1.82. The SMILES string of the molecule is CN(C)Cc1c(OCC2CC2)ccc2c(CCC3CCN(Cc4csc(C#N)c4)CC3)noc12.Cl.Cl. The molecule has 2 fully saturated rings. The van der Waals surface area contributed by atoms with Crippen LogP contribution < -0.4 is 4.74 Å². The van der Waals surface area contributed by atoms with Crippen LogP contribution in [-0.2, 0) is 19.5 Å². The third-order valence-electron chi connectivity index (χ3n) is 7.09. The van der Waals surface area contributed by atoms with E-state index >= 15 is 0 Å². The summed E-state index contributed by atoms with van der Waals surface area (Å²) in [7, 11) is 4.15. The smallest absolute Gasteiger partial charge is 0.175 e. The second kappa shape index (κ2) is 13.1. The van der Waals surface area contributed by atoms with Crippen molar-refractivity contribution >= 4 is 47.1 Å².